The molecule has 3 nitrogen and oxygen atoms in total. The smallest absolute Gasteiger partial charge is 0.306 e. The summed E-state index contributed by atoms with van der Waals surface area (Å²) in [5.41, 5.74) is 1.15. The zero-order chi connectivity index (χ0) is 10.8. The van der Waals surface area contributed by atoms with Gasteiger partial charge in [0.2, 0.25) is 0 Å². The van der Waals surface area contributed by atoms with Gasteiger partial charge in [-0.3, -0.25) is 4.79 Å². The number of carbonyl (C=O) groups is 2. The molecule has 3 unspecified atom stereocenters. The van der Waals surface area contributed by atoms with Crippen molar-refractivity contribution in [1.29, 1.82) is 0 Å². The molecule has 0 N–H and O–H groups in total. The van der Waals surface area contributed by atoms with E-state index in [0.29, 0.717) is 0 Å². The number of cyclic esters (lactones) is 1. The number of aldehydes is 1. The third-order valence-electron chi connectivity index (χ3n) is 3.45. The Balaban J connectivity index is 2.10. The molecular weight excluding hydrogens is 192 g/mol. The van der Waals surface area contributed by atoms with Gasteiger partial charge in [-0.05, 0) is 19.3 Å². The topological polar surface area (TPSA) is 43.4 Å². The predicted octanol–water partition coefficient (Wildman–Crippen LogP) is 1.86. The van der Waals surface area contributed by atoms with Crippen molar-refractivity contribution < 1.29 is 14.3 Å². The minimum absolute atomic E-state index is 0.209. The fourth-order valence-corrected chi connectivity index (χ4v) is 2.60. The van der Waals surface area contributed by atoms with E-state index in [4.69, 9.17) is 4.74 Å². The molecule has 2 aliphatic rings. The highest BCUT2D eigenvalue weighted by Crippen LogP contribution is 2.37. The van der Waals surface area contributed by atoms with Gasteiger partial charge in [-0.1, -0.05) is 18.6 Å². The molecule has 0 aromatic carbocycles. The second kappa shape index (κ2) is 4.17. The molecule has 82 valence electrons. The molecule has 1 aliphatic heterocycles. The second-order valence-electron chi connectivity index (χ2n) is 4.47. The van der Waals surface area contributed by atoms with Gasteiger partial charge < -0.3 is 9.53 Å². The molecule has 3 atom stereocenters. The highest BCUT2D eigenvalue weighted by Gasteiger charge is 2.41. The van der Waals surface area contributed by atoms with Crippen molar-refractivity contribution in [2.45, 2.75) is 38.2 Å². The van der Waals surface area contributed by atoms with E-state index < -0.39 is 0 Å². The maximum absolute atomic E-state index is 11.2. The van der Waals surface area contributed by atoms with Gasteiger partial charge in [0.25, 0.3) is 0 Å². The molecule has 2 rings (SSSR count). The standard InChI is InChI=1S/C12H16O3/c1-8-4-2-3-5-10(8)12-9(7-13)6-11(14)15-12/h7,9-10,12H,1-6H2. The maximum Gasteiger partial charge on any atom is 0.306 e. The number of esters is 1. The molecule has 0 spiro atoms. The van der Waals surface area contributed by atoms with Crippen LogP contribution in [-0.4, -0.2) is 18.4 Å². The normalized spacial score (nSPS) is 36.4. The Morgan fingerprint density at radius 3 is 2.87 bits per heavy atom. The third kappa shape index (κ3) is 1.96. The maximum atomic E-state index is 11.2. The van der Waals surface area contributed by atoms with E-state index in [9.17, 15) is 9.59 Å². The number of hydrogen-bond acceptors (Lipinski definition) is 3. The second-order valence-corrected chi connectivity index (χ2v) is 4.47. The first kappa shape index (κ1) is 10.4. The van der Waals surface area contributed by atoms with Crippen LogP contribution in [0.4, 0.5) is 0 Å². The molecule has 1 saturated carbocycles. The van der Waals surface area contributed by atoms with Crippen molar-refractivity contribution in [3.8, 4) is 0 Å². The van der Waals surface area contributed by atoms with Gasteiger partial charge in [0.1, 0.15) is 12.4 Å². The zero-order valence-electron chi connectivity index (χ0n) is 8.78. The van der Waals surface area contributed by atoms with Crippen LogP contribution in [-0.2, 0) is 14.3 Å². The molecule has 1 heterocycles. The molecule has 1 saturated heterocycles. The highest BCUT2D eigenvalue weighted by molar-refractivity contribution is 5.77. The SMILES string of the molecule is C=C1CCCCC1C1OC(=O)CC1C=O. The van der Waals surface area contributed by atoms with E-state index in [-0.39, 0.29) is 30.3 Å². The molecular formula is C12H16O3. The largest absolute Gasteiger partial charge is 0.461 e. The Kier molecular flexibility index (Phi) is 2.89. The van der Waals surface area contributed by atoms with E-state index in [0.717, 1.165) is 31.1 Å². The lowest BCUT2D eigenvalue weighted by atomic mass is 9.78. The average molecular weight is 208 g/mol. The van der Waals surface area contributed by atoms with Crippen LogP contribution >= 0.6 is 0 Å². The van der Waals surface area contributed by atoms with Crippen LogP contribution in [0, 0.1) is 11.8 Å². The van der Waals surface area contributed by atoms with E-state index in [1.807, 2.05) is 0 Å². The Bertz CT molecular complexity index is 295. The quantitative estimate of drug-likeness (QED) is 0.395. The minimum Gasteiger partial charge on any atom is -0.461 e. The van der Waals surface area contributed by atoms with Gasteiger partial charge in [0, 0.05) is 5.92 Å². The summed E-state index contributed by atoms with van der Waals surface area (Å²) in [6.07, 6.45) is 5.19. The summed E-state index contributed by atoms with van der Waals surface area (Å²) < 4.78 is 5.24. The van der Waals surface area contributed by atoms with Crippen molar-refractivity contribution in [3.05, 3.63) is 12.2 Å². The summed E-state index contributed by atoms with van der Waals surface area (Å²) in [4.78, 5) is 22.0. The van der Waals surface area contributed by atoms with Crippen molar-refractivity contribution in [1.82, 2.24) is 0 Å². The fourth-order valence-electron chi connectivity index (χ4n) is 2.60. The van der Waals surface area contributed by atoms with E-state index >= 15 is 0 Å². The number of rotatable bonds is 2. The van der Waals surface area contributed by atoms with Crippen LogP contribution < -0.4 is 0 Å². The Morgan fingerprint density at radius 2 is 2.20 bits per heavy atom. The summed E-state index contributed by atoms with van der Waals surface area (Å²) in [6, 6.07) is 0. The highest BCUT2D eigenvalue weighted by atomic mass is 16.6. The molecule has 0 aromatic heterocycles. The van der Waals surface area contributed by atoms with Crippen LogP contribution in [0.2, 0.25) is 0 Å². The van der Waals surface area contributed by atoms with Gasteiger partial charge in [0.05, 0.1) is 12.3 Å². The van der Waals surface area contributed by atoms with Gasteiger partial charge >= 0.3 is 5.97 Å². The van der Waals surface area contributed by atoms with E-state index in [1.165, 1.54) is 6.42 Å². The Labute approximate surface area is 89.5 Å². The number of carbonyl (C=O) groups excluding carboxylic acids is 2. The first-order chi connectivity index (χ1) is 7.22. The monoisotopic (exact) mass is 208 g/mol. The van der Waals surface area contributed by atoms with Crippen LogP contribution in [0.5, 0.6) is 0 Å². The lowest BCUT2D eigenvalue weighted by Crippen LogP contribution is -2.30. The van der Waals surface area contributed by atoms with Crippen molar-refractivity contribution >= 4 is 12.3 Å². The zero-order valence-corrected chi connectivity index (χ0v) is 8.78. The van der Waals surface area contributed by atoms with Crippen LogP contribution in [0.15, 0.2) is 12.2 Å². The molecule has 0 amide bonds. The average Bonchev–Trinajstić information content (AvgIpc) is 2.60. The summed E-state index contributed by atoms with van der Waals surface area (Å²) >= 11 is 0. The van der Waals surface area contributed by atoms with Crippen LogP contribution in [0.3, 0.4) is 0 Å². The van der Waals surface area contributed by atoms with Crippen molar-refractivity contribution in [3.63, 3.8) is 0 Å². The molecule has 3 heteroatoms. The number of ether oxygens (including phenoxy) is 1. The molecule has 0 aromatic rings. The van der Waals surface area contributed by atoms with Crippen molar-refractivity contribution in [2.75, 3.05) is 0 Å². The van der Waals surface area contributed by atoms with Gasteiger partial charge in [-0.15, -0.1) is 0 Å². The van der Waals surface area contributed by atoms with Crippen LogP contribution in [0.25, 0.3) is 0 Å². The molecule has 1 aliphatic carbocycles. The van der Waals surface area contributed by atoms with Gasteiger partial charge in [0.15, 0.2) is 0 Å². The van der Waals surface area contributed by atoms with Crippen molar-refractivity contribution in [2.24, 2.45) is 11.8 Å². The summed E-state index contributed by atoms with van der Waals surface area (Å²) in [6.45, 7) is 4.03. The fraction of sp³-hybridized carbons (Fsp3) is 0.667. The minimum atomic E-state index is -0.252. The van der Waals surface area contributed by atoms with E-state index in [2.05, 4.69) is 6.58 Å². The first-order valence-corrected chi connectivity index (χ1v) is 5.55. The summed E-state index contributed by atoms with van der Waals surface area (Å²) in [5.74, 6) is -0.284. The Hall–Kier alpha value is -1.12. The van der Waals surface area contributed by atoms with Gasteiger partial charge in [-0.25, -0.2) is 0 Å². The Morgan fingerprint density at radius 1 is 1.40 bits per heavy atom. The first-order valence-electron chi connectivity index (χ1n) is 5.55. The summed E-state index contributed by atoms with van der Waals surface area (Å²) in [5, 5.41) is 0. The molecule has 0 bridgehead atoms. The lowest BCUT2D eigenvalue weighted by molar-refractivity contribution is -0.143. The molecule has 2 fully saturated rings. The van der Waals surface area contributed by atoms with Crippen LogP contribution in [0.1, 0.15) is 32.1 Å². The van der Waals surface area contributed by atoms with E-state index in [1.54, 1.807) is 0 Å². The summed E-state index contributed by atoms with van der Waals surface area (Å²) in [7, 11) is 0. The third-order valence-corrected chi connectivity index (χ3v) is 3.45. The molecule has 15 heavy (non-hydrogen) atoms. The molecule has 0 radical (unpaired) electrons. The predicted molar refractivity (Wildman–Crippen MR) is 55.1 cm³/mol. The number of hydrogen-bond donors (Lipinski definition) is 0. The van der Waals surface area contributed by atoms with Gasteiger partial charge in [-0.2, -0.15) is 0 Å². The lowest BCUT2D eigenvalue weighted by Gasteiger charge is -2.30.